The number of nitrogens with two attached hydrogens (primary N) is 2. The molecule has 0 saturated heterocycles. The fraction of sp³-hybridized carbons (Fsp3) is 1.00. The molecule has 0 rings (SSSR count). The van der Waals surface area contributed by atoms with Crippen molar-refractivity contribution in [2.24, 2.45) is 11.5 Å². The second kappa shape index (κ2) is 68.0. The Morgan fingerprint density at radius 1 is 0.100 bits per heavy atom. The van der Waals surface area contributed by atoms with E-state index < -0.39 is 0 Å². The fourth-order valence-electron chi connectivity index (χ4n) is 4.89. The molecule has 0 bridgehead atoms. The maximum absolute atomic E-state index is 5.52. The van der Waals surface area contributed by atoms with Crippen LogP contribution in [0.4, 0.5) is 0 Å². The van der Waals surface area contributed by atoms with Crippen LogP contribution >= 0.6 is 0 Å². The number of ether oxygens (including phenoxy) is 22. The third-order valence-corrected chi connectivity index (χ3v) is 8.34. The lowest BCUT2D eigenvalue weighted by Crippen LogP contribution is -2.16. The van der Waals surface area contributed by atoms with Crippen molar-refractivity contribution in [1.29, 1.82) is 0 Å². The number of hydrogen-bond donors (Lipinski definition) is 2. The van der Waals surface area contributed by atoms with Gasteiger partial charge in [-0.15, -0.1) is 0 Å². The molecule has 0 aromatic carbocycles. The Kier molecular flexibility index (Phi) is 67.1. The Morgan fingerprint density at radius 3 is 0.214 bits per heavy atom. The first-order valence-corrected chi connectivity index (χ1v) is 25.0. The smallest absolute Gasteiger partial charge is 0.0701 e. The molecule has 0 aliphatic heterocycles. The third kappa shape index (κ3) is 67.0. The Morgan fingerprint density at radius 2 is 0.157 bits per heavy atom. The van der Waals surface area contributed by atoms with Gasteiger partial charge in [0.05, 0.1) is 291 Å². The predicted molar refractivity (Wildman–Crippen MR) is 256 cm³/mol. The van der Waals surface area contributed by atoms with E-state index in [-0.39, 0.29) is 0 Å². The molecule has 0 unspecified atom stereocenters. The summed E-state index contributed by atoms with van der Waals surface area (Å²) in [6.45, 7) is 23.3. The molecule has 0 amide bonds. The van der Waals surface area contributed by atoms with Crippen molar-refractivity contribution in [3.05, 3.63) is 0 Å². The van der Waals surface area contributed by atoms with Crippen molar-refractivity contribution < 1.29 is 104 Å². The van der Waals surface area contributed by atoms with Crippen LogP contribution in [0.5, 0.6) is 0 Å². The molecular formula is C46H96N2O22. The molecule has 24 nitrogen and oxygen atoms in total. The summed E-state index contributed by atoms with van der Waals surface area (Å²) in [4.78, 5) is 0. The van der Waals surface area contributed by atoms with Gasteiger partial charge in [-0.1, -0.05) is 0 Å². The van der Waals surface area contributed by atoms with Crippen LogP contribution in [-0.4, -0.2) is 304 Å². The fourth-order valence-corrected chi connectivity index (χ4v) is 4.89. The maximum atomic E-state index is 5.52. The van der Waals surface area contributed by atoms with E-state index in [4.69, 9.17) is 116 Å². The highest BCUT2D eigenvalue weighted by molar-refractivity contribution is 4.42. The van der Waals surface area contributed by atoms with Crippen molar-refractivity contribution in [2.75, 3.05) is 304 Å². The summed E-state index contributed by atoms with van der Waals surface area (Å²) in [5, 5.41) is 0. The monoisotopic (exact) mass is 1030 g/mol. The molecule has 0 aromatic heterocycles. The van der Waals surface area contributed by atoms with Gasteiger partial charge < -0.3 is 116 Å². The average molecular weight is 1030 g/mol. The molecule has 0 atom stereocenters. The van der Waals surface area contributed by atoms with E-state index in [1.165, 1.54) is 0 Å². The average Bonchev–Trinajstić information content (AvgIpc) is 3.37. The first-order chi connectivity index (χ1) is 34.9. The highest BCUT2D eigenvalue weighted by Crippen LogP contribution is 1.90. The van der Waals surface area contributed by atoms with Crippen LogP contribution in [-0.2, 0) is 104 Å². The topological polar surface area (TPSA) is 255 Å². The third-order valence-electron chi connectivity index (χ3n) is 8.34. The second-order valence-electron chi connectivity index (χ2n) is 14.0. The largest absolute Gasteiger partial charge is 0.378 e. The highest BCUT2D eigenvalue weighted by atomic mass is 16.6. The van der Waals surface area contributed by atoms with Crippen LogP contribution in [0.3, 0.4) is 0 Å². The normalized spacial score (nSPS) is 11.7. The van der Waals surface area contributed by atoms with Crippen LogP contribution in [0.2, 0.25) is 0 Å². The van der Waals surface area contributed by atoms with E-state index in [1.54, 1.807) is 0 Å². The van der Waals surface area contributed by atoms with Crippen molar-refractivity contribution in [3.63, 3.8) is 0 Å². The van der Waals surface area contributed by atoms with Gasteiger partial charge in [-0.3, -0.25) is 0 Å². The first kappa shape index (κ1) is 69.0. The lowest BCUT2D eigenvalue weighted by atomic mass is 10.6. The van der Waals surface area contributed by atoms with Gasteiger partial charge in [0.2, 0.25) is 0 Å². The van der Waals surface area contributed by atoms with Crippen LogP contribution < -0.4 is 11.5 Å². The van der Waals surface area contributed by atoms with Gasteiger partial charge in [0.15, 0.2) is 0 Å². The molecule has 4 N–H and O–H groups in total. The predicted octanol–water partition coefficient (Wildman–Crippen LogP) is -0.731. The Balaban J connectivity index is 3.07. The van der Waals surface area contributed by atoms with Crippen molar-refractivity contribution in [2.45, 2.75) is 0 Å². The second-order valence-corrected chi connectivity index (χ2v) is 14.0. The molecule has 0 aliphatic rings. The quantitative estimate of drug-likeness (QED) is 0.0712. The molecule has 0 aromatic rings. The maximum Gasteiger partial charge on any atom is 0.0701 e. The Labute approximate surface area is 418 Å². The molecule has 70 heavy (non-hydrogen) atoms. The molecule has 0 fully saturated rings. The Bertz CT molecular complexity index is 835. The van der Waals surface area contributed by atoms with E-state index in [2.05, 4.69) is 0 Å². The van der Waals surface area contributed by atoms with Gasteiger partial charge in [0, 0.05) is 13.1 Å². The Hall–Kier alpha value is -0.960. The van der Waals surface area contributed by atoms with Crippen molar-refractivity contribution >= 4 is 0 Å². The lowest BCUT2D eigenvalue weighted by molar-refractivity contribution is -0.0317. The zero-order valence-electron chi connectivity index (χ0n) is 42.7. The lowest BCUT2D eigenvalue weighted by Gasteiger charge is -2.09. The molecule has 0 saturated carbocycles. The molecule has 24 heteroatoms. The molecule has 0 radical (unpaired) electrons. The van der Waals surface area contributed by atoms with Gasteiger partial charge in [-0.2, -0.15) is 0 Å². The molecule has 422 valence electrons. The summed E-state index contributed by atoms with van der Waals surface area (Å²) in [5.74, 6) is 0. The van der Waals surface area contributed by atoms with Gasteiger partial charge >= 0.3 is 0 Å². The first-order valence-electron chi connectivity index (χ1n) is 25.0. The summed E-state index contributed by atoms with van der Waals surface area (Å²) < 4.78 is 120. The minimum absolute atomic E-state index is 0.489. The van der Waals surface area contributed by atoms with E-state index in [0.29, 0.717) is 304 Å². The van der Waals surface area contributed by atoms with E-state index in [1.807, 2.05) is 0 Å². The van der Waals surface area contributed by atoms with Crippen molar-refractivity contribution in [1.82, 2.24) is 0 Å². The number of hydrogen-bond acceptors (Lipinski definition) is 24. The van der Waals surface area contributed by atoms with Crippen LogP contribution in [0.1, 0.15) is 0 Å². The SMILES string of the molecule is NCCOCCOCCOCCOCCOCCOCCOCCOCCOCCOCCOCCOCCOCCOCCOCCOCCOCCOCCOCCOCCOCCOCCN. The molecule has 0 aliphatic carbocycles. The minimum atomic E-state index is 0.489. The minimum Gasteiger partial charge on any atom is -0.378 e. The summed E-state index contributed by atoms with van der Waals surface area (Å²) >= 11 is 0. The van der Waals surface area contributed by atoms with Gasteiger partial charge in [-0.05, 0) is 0 Å². The van der Waals surface area contributed by atoms with Crippen LogP contribution in [0.25, 0.3) is 0 Å². The zero-order valence-corrected chi connectivity index (χ0v) is 42.7. The summed E-state index contributed by atoms with van der Waals surface area (Å²) in [7, 11) is 0. The van der Waals surface area contributed by atoms with E-state index >= 15 is 0 Å². The molecule has 0 heterocycles. The van der Waals surface area contributed by atoms with Crippen LogP contribution in [0, 0.1) is 0 Å². The molecule has 0 spiro atoms. The standard InChI is InChI=1S/C46H96N2O22/c47-1-3-49-5-7-51-9-11-53-13-15-55-17-19-57-21-23-59-25-27-61-29-31-63-33-35-65-37-39-67-41-43-69-45-46-70-44-42-68-40-38-66-36-34-64-32-30-62-28-26-60-24-22-58-20-18-56-16-14-54-12-10-52-8-6-50-4-2-48/h1-48H2. The highest BCUT2D eigenvalue weighted by Gasteiger charge is 1.99. The van der Waals surface area contributed by atoms with Gasteiger partial charge in [0.1, 0.15) is 0 Å². The zero-order chi connectivity index (χ0) is 50.1. The van der Waals surface area contributed by atoms with Gasteiger partial charge in [0.25, 0.3) is 0 Å². The van der Waals surface area contributed by atoms with E-state index in [0.717, 1.165) is 0 Å². The van der Waals surface area contributed by atoms with Crippen molar-refractivity contribution in [3.8, 4) is 0 Å². The molecular weight excluding hydrogens is 932 g/mol. The van der Waals surface area contributed by atoms with E-state index in [9.17, 15) is 0 Å². The number of rotatable bonds is 67. The summed E-state index contributed by atoms with van der Waals surface area (Å²) in [6, 6.07) is 0. The van der Waals surface area contributed by atoms with Crippen LogP contribution in [0.15, 0.2) is 0 Å². The van der Waals surface area contributed by atoms with Gasteiger partial charge in [-0.25, -0.2) is 0 Å². The summed E-state index contributed by atoms with van der Waals surface area (Å²) in [6.07, 6.45) is 0. The summed E-state index contributed by atoms with van der Waals surface area (Å²) in [5.41, 5.74) is 10.7.